The summed E-state index contributed by atoms with van der Waals surface area (Å²) in [6.45, 7) is 2.13. The monoisotopic (exact) mass is 263 g/mol. The van der Waals surface area contributed by atoms with Crippen molar-refractivity contribution < 1.29 is 9.84 Å². The van der Waals surface area contributed by atoms with E-state index in [9.17, 15) is 5.11 Å². The summed E-state index contributed by atoms with van der Waals surface area (Å²) in [5.74, 6) is 0.908. The number of para-hydroxylation sites is 1. The maximum Gasteiger partial charge on any atom is 0.123 e. The Morgan fingerprint density at radius 2 is 1.95 bits per heavy atom. The van der Waals surface area contributed by atoms with Gasteiger partial charge in [-0.1, -0.05) is 37.5 Å². The Morgan fingerprint density at radius 3 is 2.74 bits per heavy atom. The zero-order chi connectivity index (χ0) is 13.7. The number of nitrogens with one attached hydrogen (secondary N) is 1. The zero-order valence-electron chi connectivity index (χ0n) is 11.9. The van der Waals surface area contributed by atoms with E-state index in [0.717, 1.165) is 30.6 Å². The third-order valence-corrected chi connectivity index (χ3v) is 4.05. The summed E-state index contributed by atoms with van der Waals surface area (Å²) in [5, 5.41) is 13.7. The molecule has 0 saturated heterocycles. The van der Waals surface area contributed by atoms with Crippen LogP contribution in [-0.2, 0) is 0 Å². The van der Waals surface area contributed by atoms with Gasteiger partial charge in [-0.3, -0.25) is 0 Å². The maximum atomic E-state index is 10.2. The van der Waals surface area contributed by atoms with E-state index in [-0.39, 0.29) is 18.2 Å². The highest BCUT2D eigenvalue weighted by Crippen LogP contribution is 2.27. The number of hydrogen-bond donors (Lipinski definition) is 2. The van der Waals surface area contributed by atoms with Crippen molar-refractivity contribution in [2.24, 2.45) is 0 Å². The molecule has 2 unspecified atom stereocenters. The molecule has 2 rings (SSSR count). The fourth-order valence-electron chi connectivity index (χ4n) is 2.92. The van der Waals surface area contributed by atoms with Crippen LogP contribution in [0.2, 0.25) is 0 Å². The first-order valence-corrected chi connectivity index (χ1v) is 7.29. The standard InChI is InChI=1S/C16H25NO2/c1-12(13-8-6-7-11-16(13)19-2)17-14-9-4-3-5-10-15(14)18/h6-8,11-12,14-15,17-18H,3-5,9-10H2,1-2H3/t12-,14?,15?/m0/s1. The van der Waals surface area contributed by atoms with Crippen LogP contribution in [0.4, 0.5) is 0 Å². The second-order valence-electron chi connectivity index (χ2n) is 5.44. The summed E-state index contributed by atoms with van der Waals surface area (Å²) in [5.41, 5.74) is 1.15. The van der Waals surface area contributed by atoms with Gasteiger partial charge in [0.25, 0.3) is 0 Å². The minimum absolute atomic E-state index is 0.189. The average Bonchev–Trinajstić information content (AvgIpc) is 2.64. The molecule has 1 aromatic rings. The van der Waals surface area contributed by atoms with Gasteiger partial charge in [0.1, 0.15) is 5.75 Å². The van der Waals surface area contributed by atoms with Crippen LogP contribution in [0.25, 0.3) is 0 Å². The molecule has 1 aromatic carbocycles. The van der Waals surface area contributed by atoms with Crippen molar-refractivity contribution in [2.45, 2.75) is 57.2 Å². The molecule has 3 nitrogen and oxygen atoms in total. The number of ether oxygens (including phenoxy) is 1. The van der Waals surface area contributed by atoms with Gasteiger partial charge in [-0.15, -0.1) is 0 Å². The van der Waals surface area contributed by atoms with Gasteiger partial charge < -0.3 is 15.2 Å². The van der Waals surface area contributed by atoms with Crippen molar-refractivity contribution in [3.8, 4) is 5.75 Å². The molecule has 1 aliphatic rings. The lowest BCUT2D eigenvalue weighted by atomic mass is 10.0. The second-order valence-corrected chi connectivity index (χ2v) is 5.44. The van der Waals surface area contributed by atoms with Crippen molar-refractivity contribution in [3.63, 3.8) is 0 Å². The molecule has 0 amide bonds. The van der Waals surface area contributed by atoms with Crippen LogP contribution in [0, 0.1) is 0 Å². The Kier molecular flexibility index (Phi) is 5.23. The summed E-state index contributed by atoms with van der Waals surface area (Å²) < 4.78 is 5.40. The molecular weight excluding hydrogens is 238 g/mol. The van der Waals surface area contributed by atoms with Crippen LogP contribution in [0.3, 0.4) is 0 Å². The van der Waals surface area contributed by atoms with Gasteiger partial charge >= 0.3 is 0 Å². The molecule has 19 heavy (non-hydrogen) atoms. The van der Waals surface area contributed by atoms with Gasteiger partial charge in [0.2, 0.25) is 0 Å². The lowest BCUT2D eigenvalue weighted by Gasteiger charge is -2.27. The molecule has 0 bridgehead atoms. The first-order valence-electron chi connectivity index (χ1n) is 7.29. The van der Waals surface area contributed by atoms with Crippen molar-refractivity contribution in [2.75, 3.05) is 7.11 Å². The van der Waals surface area contributed by atoms with E-state index in [1.165, 1.54) is 12.8 Å². The lowest BCUT2D eigenvalue weighted by Crippen LogP contribution is -2.40. The Hall–Kier alpha value is -1.06. The molecule has 0 heterocycles. The Balaban J connectivity index is 2.04. The first kappa shape index (κ1) is 14.4. The maximum absolute atomic E-state index is 10.2. The molecule has 3 heteroatoms. The summed E-state index contributed by atoms with van der Waals surface area (Å²) in [7, 11) is 1.70. The summed E-state index contributed by atoms with van der Waals surface area (Å²) in [6, 6.07) is 8.46. The van der Waals surface area contributed by atoms with E-state index in [0.29, 0.717) is 0 Å². The molecule has 0 spiro atoms. The van der Waals surface area contributed by atoms with Gasteiger partial charge in [-0.2, -0.15) is 0 Å². The number of aliphatic hydroxyl groups is 1. The number of hydrogen-bond acceptors (Lipinski definition) is 3. The molecule has 1 fully saturated rings. The van der Waals surface area contributed by atoms with Crippen LogP contribution >= 0.6 is 0 Å². The molecule has 0 radical (unpaired) electrons. The van der Waals surface area contributed by atoms with Crippen molar-refractivity contribution in [3.05, 3.63) is 29.8 Å². The fourth-order valence-corrected chi connectivity index (χ4v) is 2.92. The molecule has 1 aliphatic carbocycles. The molecule has 0 aromatic heterocycles. The van der Waals surface area contributed by atoms with Crippen LogP contribution in [0.15, 0.2) is 24.3 Å². The summed E-state index contributed by atoms with van der Waals surface area (Å²) in [6.07, 6.45) is 5.32. The summed E-state index contributed by atoms with van der Waals surface area (Å²) in [4.78, 5) is 0. The van der Waals surface area contributed by atoms with Crippen LogP contribution in [-0.4, -0.2) is 24.4 Å². The molecule has 2 N–H and O–H groups in total. The van der Waals surface area contributed by atoms with Gasteiger partial charge in [0.15, 0.2) is 0 Å². The van der Waals surface area contributed by atoms with Crippen LogP contribution in [0.1, 0.15) is 50.6 Å². The largest absolute Gasteiger partial charge is 0.496 e. The Labute approximate surface area is 116 Å². The molecular formula is C16H25NO2. The molecule has 106 valence electrons. The Morgan fingerprint density at radius 1 is 1.21 bits per heavy atom. The number of benzene rings is 1. The number of methoxy groups -OCH3 is 1. The quantitative estimate of drug-likeness (QED) is 0.820. The SMILES string of the molecule is COc1ccccc1[C@H](C)NC1CCCCCC1O. The molecule has 1 saturated carbocycles. The highest BCUT2D eigenvalue weighted by molar-refractivity contribution is 5.35. The van der Waals surface area contributed by atoms with Gasteiger partial charge in [0.05, 0.1) is 13.2 Å². The van der Waals surface area contributed by atoms with Crippen molar-refractivity contribution in [1.82, 2.24) is 5.32 Å². The van der Waals surface area contributed by atoms with Gasteiger partial charge in [-0.25, -0.2) is 0 Å². The highest BCUT2D eigenvalue weighted by atomic mass is 16.5. The predicted molar refractivity (Wildman–Crippen MR) is 77.4 cm³/mol. The minimum Gasteiger partial charge on any atom is -0.496 e. The smallest absolute Gasteiger partial charge is 0.123 e. The topological polar surface area (TPSA) is 41.5 Å². The molecule has 0 aliphatic heterocycles. The zero-order valence-corrected chi connectivity index (χ0v) is 11.9. The second kappa shape index (κ2) is 6.92. The number of aliphatic hydroxyl groups excluding tert-OH is 1. The first-order chi connectivity index (χ1) is 9.22. The van der Waals surface area contributed by atoms with E-state index in [1.807, 2.05) is 18.2 Å². The van der Waals surface area contributed by atoms with E-state index in [1.54, 1.807) is 7.11 Å². The van der Waals surface area contributed by atoms with Crippen LogP contribution in [0.5, 0.6) is 5.75 Å². The van der Waals surface area contributed by atoms with Gasteiger partial charge in [0, 0.05) is 17.6 Å². The highest BCUT2D eigenvalue weighted by Gasteiger charge is 2.24. The fraction of sp³-hybridized carbons (Fsp3) is 0.625. The van der Waals surface area contributed by atoms with Gasteiger partial charge in [-0.05, 0) is 25.8 Å². The molecule has 3 atom stereocenters. The van der Waals surface area contributed by atoms with Crippen molar-refractivity contribution >= 4 is 0 Å². The van der Waals surface area contributed by atoms with E-state index >= 15 is 0 Å². The van der Waals surface area contributed by atoms with E-state index < -0.39 is 0 Å². The Bertz CT molecular complexity index is 394. The van der Waals surface area contributed by atoms with Crippen LogP contribution < -0.4 is 10.1 Å². The number of rotatable bonds is 4. The van der Waals surface area contributed by atoms with E-state index in [2.05, 4.69) is 18.3 Å². The predicted octanol–water partition coefficient (Wildman–Crippen LogP) is 3.04. The lowest BCUT2D eigenvalue weighted by molar-refractivity contribution is 0.114. The third kappa shape index (κ3) is 3.71. The normalized spacial score (nSPS) is 25.6. The average molecular weight is 263 g/mol. The van der Waals surface area contributed by atoms with Crippen molar-refractivity contribution in [1.29, 1.82) is 0 Å². The third-order valence-electron chi connectivity index (χ3n) is 4.05. The summed E-state index contributed by atoms with van der Waals surface area (Å²) >= 11 is 0. The minimum atomic E-state index is -0.223. The van der Waals surface area contributed by atoms with E-state index in [4.69, 9.17) is 4.74 Å².